The van der Waals surface area contributed by atoms with Gasteiger partial charge in [-0.2, -0.15) is 0 Å². The summed E-state index contributed by atoms with van der Waals surface area (Å²) in [6.45, 7) is 0. The van der Waals surface area contributed by atoms with Gasteiger partial charge in [0.15, 0.2) is 0 Å². The first-order chi connectivity index (χ1) is 4.86. The third-order valence-corrected chi connectivity index (χ3v) is 1.44. The van der Waals surface area contributed by atoms with Gasteiger partial charge in [0.2, 0.25) is 0 Å². The van der Waals surface area contributed by atoms with E-state index in [4.69, 9.17) is 9.52 Å². The molecule has 1 aromatic heterocycles. The predicted octanol–water partition coefficient (Wildman–Crippen LogP) is 2.14. The van der Waals surface area contributed by atoms with E-state index in [1.165, 1.54) is 0 Å². The first-order valence-electron chi connectivity index (χ1n) is 3.02. The summed E-state index contributed by atoms with van der Waals surface area (Å²) >= 11 is 0. The summed E-state index contributed by atoms with van der Waals surface area (Å²) in [5, 5.41) is 10.0. The molecule has 0 amide bonds. The Morgan fingerprint density at radius 3 is 3.00 bits per heavy atom. The Morgan fingerprint density at radius 2 is 2.10 bits per heavy atom. The quantitative estimate of drug-likeness (QED) is 0.598. The lowest BCUT2D eigenvalue weighted by Gasteiger charge is -1.88. The summed E-state index contributed by atoms with van der Waals surface area (Å²) in [5.41, 5.74) is 0.722. The average Bonchev–Trinajstić information content (AvgIpc) is 2.33. The molecule has 2 nitrogen and oxygen atoms in total. The van der Waals surface area contributed by atoms with Gasteiger partial charge in [0.1, 0.15) is 11.3 Å². The van der Waals surface area contributed by atoms with Gasteiger partial charge >= 0.3 is 0 Å². The van der Waals surface area contributed by atoms with E-state index in [2.05, 4.69) is 0 Å². The van der Waals surface area contributed by atoms with E-state index in [1.54, 1.807) is 18.4 Å². The molecular formula is C8H6O2. The predicted molar refractivity (Wildman–Crippen MR) is 37.9 cm³/mol. The van der Waals surface area contributed by atoms with Crippen LogP contribution in [0.2, 0.25) is 0 Å². The SMILES string of the molecule is Oc1ccc2ccoc2c1. The Labute approximate surface area is 57.7 Å². The topological polar surface area (TPSA) is 33.4 Å². The van der Waals surface area contributed by atoms with E-state index in [-0.39, 0.29) is 5.75 Å². The zero-order valence-corrected chi connectivity index (χ0v) is 5.24. The minimum absolute atomic E-state index is 0.238. The summed E-state index contributed by atoms with van der Waals surface area (Å²) in [6, 6.07) is 6.90. The summed E-state index contributed by atoms with van der Waals surface area (Å²) in [7, 11) is 0. The van der Waals surface area contributed by atoms with Gasteiger partial charge in [-0.05, 0) is 18.2 Å². The average molecular weight is 134 g/mol. The second kappa shape index (κ2) is 1.77. The van der Waals surface area contributed by atoms with Gasteiger partial charge in [0, 0.05) is 11.5 Å². The zero-order valence-electron chi connectivity index (χ0n) is 5.24. The third kappa shape index (κ3) is 0.658. The number of furan rings is 1. The molecule has 0 atom stereocenters. The van der Waals surface area contributed by atoms with Gasteiger partial charge < -0.3 is 9.52 Å². The van der Waals surface area contributed by atoms with Crippen LogP contribution in [0.5, 0.6) is 5.75 Å². The lowest BCUT2D eigenvalue weighted by Crippen LogP contribution is -1.62. The van der Waals surface area contributed by atoms with Crippen molar-refractivity contribution in [2.45, 2.75) is 0 Å². The van der Waals surface area contributed by atoms with E-state index < -0.39 is 0 Å². The maximum atomic E-state index is 8.99. The lowest BCUT2D eigenvalue weighted by atomic mass is 10.2. The smallest absolute Gasteiger partial charge is 0.137 e. The molecule has 0 saturated carbocycles. The molecule has 0 spiro atoms. The Balaban J connectivity index is 2.86. The number of rotatable bonds is 0. The number of hydrogen-bond donors (Lipinski definition) is 1. The van der Waals surface area contributed by atoms with E-state index in [0.29, 0.717) is 0 Å². The maximum absolute atomic E-state index is 8.99. The second-order valence-electron chi connectivity index (χ2n) is 2.14. The van der Waals surface area contributed by atoms with E-state index in [0.717, 1.165) is 11.0 Å². The fourth-order valence-corrected chi connectivity index (χ4v) is 0.943. The van der Waals surface area contributed by atoms with Crippen LogP contribution in [0.4, 0.5) is 0 Å². The Kier molecular flexibility index (Phi) is 0.947. The molecular weight excluding hydrogens is 128 g/mol. The molecule has 0 aliphatic carbocycles. The van der Waals surface area contributed by atoms with Crippen molar-refractivity contribution in [1.82, 2.24) is 0 Å². The zero-order chi connectivity index (χ0) is 6.97. The Hall–Kier alpha value is -1.44. The van der Waals surface area contributed by atoms with Crippen LogP contribution in [0, 0.1) is 0 Å². The molecule has 2 aromatic rings. The fraction of sp³-hybridized carbons (Fsp3) is 0. The van der Waals surface area contributed by atoms with Crippen molar-refractivity contribution in [1.29, 1.82) is 0 Å². The molecule has 0 bridgehead atoms. The highest BCUT2D eigenvalue weighted by atomic mass is 16.3. The number of fused-ring (bicyclic) bond motifs is 1. The highest BCUT2D eigenvalue weighted by Crippen LogP contribution is 2.19. The van der Waals surface area contributed by atoms with E-state index in [1.807, 2.05) is 12.1 Å². The van der Waals surface area contributed by atoms with Crippen LogP contribution in [0.3, 0.4) is 0 Å². The van der Waals surface area contributed by atoms with Crippen molar-refractivity contribution in [3.8, 4) is 5.75 Å². The molecule has 2 heteroatoms. The number of hydrogen-bond acceptors (Lipinski definition) is 2. The minimum atomic E-state index is 0.238. The van der Waals surface area contributed by atoms with Gasteiger partial charge in [-0.15, -0.1) is 0 Å². The molecule has 0 aliphatic heterocycles. The van der Waals surface area contributed by atoms with Crippen molar-refractivity contribution < 1.29 is 9.52 Å². The highest BCUT2D eigenvalue weighted by Gasteiger charge is 1.95. The largest absolute Gasteiger partial charge is 0.508 e. The van der Waals surface area contributed by atoms with Crippen molar-refractivity contribution in [2.24, 2.45) is 0 Å². The van der Waals surface area contributed by atoms with Crippen LogP contribution < -0.4 is 0 Å². The molecule has 2 rings (SSSR count). The molecule has 50 valence electrons. The molecule has 10 heavy (non-hydrogen) atoms. The number of phenols is 1. The summed E-state index contributed by atoms with van der Waals surface area (Å²) in [4.78, 5) is 0. The Bertz CT molecular complexity index is 349. The van der Waals surface area contributed by atoms with Crippen LogP contribution in [0.1, 0.15) is 0 Å². The summed E-state index contributed by atoms with van der Waals surface area (Å²) in [6.07, 6.45) is 1.60. The molecule has 0 radical (unpaired) electrons. The van der Waals surface area contributed by atoms with Crippen LogP contribution in [-0.4, -0.2) is 5.11 Å². The minimum Gasteiger partial charge on any atom is -0.508 e. The van der Waals surface area contributed by atoms with E-state index in [9.17, 15) is 0 Å². The first-order valence-corrected chi connectivity index (χ1v) is 3.02. The molecule has 1 heterocycles. The monoisotopic (exact) mass is 134 g/mol. The molecule has 1 aromatic carbocycles. The van der Waals surface area contributed by atoms with Crippen LogP contribution in [0.15, 0.2) is 34.9 Å². The first kappa shape index (κ1) is 5.35. The second-order valence-corrected chi connectivity index (χ2v) is 2.14. The normalized spacial score (nSPS) is 10.4. The van der Waals surface area contributed by atoms with Crippen molar-refractivity contribution in [3.05, 3.63) is 30.5 Å². The standard InChI is InChI=1S/C8H6O2/c9-7-2-1-6-3-4-10-8(6)5-7/h1-5,9H. The van der Waals surface area contributed by atoms with Gasteiger partial charge in [-0.1, -0.05) is 0 Å². The Morgan fingerprint density at radius 1 is 1.20 bits per heavy atom. The van der Waals surface area contributed by atoms with Crippen molar-refractivity contribution >= 4 is 11.0 Å². The van der Waals surface area contributed by atoms with Crippen LogP contribution in [-0.2, 0) is 0 Å². The van der Waals surface area contributed by atoms with Gasteiger partial charge in [0.05, 0.1) is 6.26 Å². The van der Waals surface area contributed by atoms with Crippen LogP contribution in [0.25, 0.3) is 11.0 Å². The van der Waals surface area contributed by atoms with Crippen LogP contribution >= 0.6 is 0 Å². The molecule has 0 saturated heterocycles. The van der Waals surface area contributed by atoms with Gasteiger partial charge in [0.25, 0.3) is 0 Å². The maximum Gasteiger partial charge on any atom is 0.137 e. The van der Waals surface area contributed by atoms with Gasteiger partial charge in [-0.25, -0.2) is 0 Å². The van der Waals surface area contributed by atoms with Crippen molar-refractivity contribution in [3.63, 3.8) is 0 Å². The summed E-state index contributed by atoms with van der Waals surface area (Å²) in [5.74, 6) is 0.238. The highest BCUT2D eigenvalue weighted by molar-refractivity contribution is 5.78. The lowest BCUT2D eigenvalue weighted by molar-refractivity contribution is 0.474. The third-order valence-electron chi connectivity index (χ3n) is 1.44. The van der Waals surface area contributed by atoms with E-state index >= 15 is 0 Å². The molecule has 0 aliphatic rings. The number of aromatic hydroxyl groups is 1. The molecule has 1 N–H and O–H groups in total. The van der Waals surface area contributed by atoms with Gasteiger partial charge in [-0.3, -0.25) is 0 Å². The number of phenolic OH excluding ortho intramolecular Hbond substituents is 1. The molecule has 0 fully saturated rings. The van der Waals surface area contributed by atoms with Crippen molar-refractivity contribution in [2.75, 3.05) is 0 Å². The fourth-order valence-electron chi connectivity index (χ4n) is 0.943. The molecule has 0 unspecified atom stereocenters. The summed E-state index contributed by atoms with van der Waals surface area (Å²) < 4.78 is 5.04. The number of benzene rings is 1.